The van der Waals surface area contributed by atoms with Gasteiger partial charge in [-0.15, -0.1) is 0 Å². The maximum Gasteiger partial charge on any atom is 0.253 e. The van der Waals surface area contributed by atoms with Gasteiger partial charge >= 0.3 is 0 Å². The molecular formula is C20H21ClN4O. The van der Waals surface area contributed by atoms with Crippen LogP contribution < -0.4 is 0 Å². The minimum absolute atomic E-state index is 0.0646. The molecule has 0 aliphatic carbocycles. The van der Waals surface area contributed by atoms with Crippen LogP contribution in [0.5, 0.6) is 0 Å². The van der Waals surface area contributed by atoms with Gasteiger partial charge in [0.15, 0.2) is 0 Å². The van der Waals surface area contributed by atoms with Gasteiger partial charge in [0.2, 0.25) is 0 Å². The van der Waals surface area contributed by atoms with Crippen molar-refractivity contribution in [2.24, 2.45) is 5.92 Å². The molecule has 0 saturated carbocycles. The van der Waals surface area contributed by atoms with Gasteiger partial charge in [-0.1, -0.05) is 23.7 Å². The standard InChI is InChI=1S/C20H21ClN4O/c1-24-10-13(11-24)12-25(2)20(26)15-5-3-14(4-6-15)18-9-23-19-17(18)7-16(21)8-22-19/h3-9,13H,10-12H2,1-2H3,(H,22,23). The number of rotatable bonds is 4. The van der Waals surface area contributed by atoms with E-state index in [0.717, 1.165) is 41.8 Å². The lowest BCUT2D eigenvalue weighted by molar-refractivity contribution is 0.0646. The molecule has 0 bridgehead atoms. The number of pyridine rings is 1. The van der Waals surface area contributed by atoms with Gasteiger partial charge in [0, 0.05) is 61.5 Å². The molecule has 4 rings (SSSR count). The van der Waals surface area contributed by atoms with Gasteiger partial charge in [0.05, 0.1) is 5.02 Å². The Hall–Kier alpha value is -2.37. The van der Waals surface area contributed by atoms with Crippen LogP contribution in [0.3, 0.4) is 0 Å². The van der Waals surface area contributed by atoms with Crippen molar-refractivity contribution >= 4 is 28.5 Å². The highest BCUT2D eigenvalue weighted by atomic mass is 35.5. The highest BCUT2D eigenvalue weighted by Crippen LogP contribution is 2.29. The number of fused-ring (bicyclic) bond motifs is 1. The number of amides is 1. The highest BCUT2D eigenvalue weighted by Gasteiger charge is 2.26. The van der Waals surface area contributed by atoms with Crippen LogP contribution in [0.1, 0.15) is 10.4 Å². The first-order valence-electron chi connectivity index (χ1n) is 8.68. The van der Waals surface area contributed by atoms with Crippen molar-refractivity contribution in [3.05, 3.63) is 53.3 Å². The molecule has 5 nitrogen and oxygen atoms in total. The van der Waals surface area contributed by atoms with Crippen LogP contribution in [-0.2, 0) is 0 Å². The number of aromatic nitrogens is 2. The molecule has 1 N–H and O–H groups in total. The smallest absolute Gasteiger partial charge is 0.253 e. The van der Waals surface area contributed by atoms with E-state index in [1.54, 1.807) is 6.20 Å². The fraction of sp³-hybridized carbons (Fsp3) is 0.300. The molecule has 0 spiro atoms. The molecule has 1 aliphatic heterocycles. The van der Waals surface area contributed by atoms with Crippen LogP contribution in [0.2, 0.25) is 5.02 Å². The molecule has 134 valence electrons. The van der Waals surface area contributed by atoms with Gasteiger partial charge in [-0.25, -0.2) is 4.98 Å². The van der Waals surface area contributed by atoms with Gasteiger partial charge in [-0.05, 0) is 30.8 Å². The minimum Gasteiger partial charge on any atom is -0.346 e. The van der Waals surface area contributed by atoms with Gasteiger partial charge in [-0.3, -0.25) is 4.79 Å². The van der Waals surface area contributed by atoms with E-state index < -0.39 is 0 Å². The number of carbonyl (C=O) groups excluding carboxylic acids is 1. The molecule has 0 unspecified atom stereocenters. The molecule has 3 aromatic rings. The Morgan fingerprint density at radius 3 is 2.77 bits per heavy atom. The van der Waals surface area contributed by atoms with Crippen molar-refractivity contribution in [3.63, 3.8) is 0 Å². The van der Waals surface area contributed by atoms with E-state index in [1.807, 2.05) is 48.5 Å². The monoisotopic (exact) mass is 368 g/mol. The first kappa shape index (κ1) is 17.1. The quantitative estimate of drug-likeness (QED) is 0.766. The molecule has 1 aliphatic rings. The highest BCUT2D eigenvalue weighted by molar-refractivity contribution is 6.31. The lowest BCUT2D eigenvalue weighted by Crippen LogP contribution is -2.49. The van der Waals surface area contributed by atoms with E-state index in [9.17, 15) is 4.79 Å². The molecule has 1 aromatic carbocycles. The van der Waals surface area contributed by atoms with Crippen molar-refractivity contribution in [2.75, 3.05) is 33.7 Å². The zero-order chi connectivity index (χ0) is 18.3. The molecule has 26 heavy (non-hydrogen) atoms. The van der Waals surface area contributed by atoms with Crippen molar-refractivity contribution in [1.29, 1.82) is 0 Å². The lowest BCUT2D eigenvalue weighted by atomic mass is 10.00. The maximum atomic E-state index is 12.6. The van der Waals surface area contributed by atoms with Crippen LogP contribution in [0.4, 0.5) is 0 Å². The SMILES string of the molecule is CN1CC(CN(C)C(=O)c2ccc(-c3c[nH]c4ncc(Cl)cc34)cc2)C1. The van der Waals surface area contributed by atoms with Crippen molar-refractivity contribution in [3.8, 4) is 11.1 Å². The Labute approximate surface area is 157 Å². The Balaban J connectivity index is 1.52. The number of carbonyl (C=O) groups is 1. The summed E-state index contributed by atoms with van der Waals surface area (Å²) in [5.74, 6) is 0.645. The van der Waals surface area contributed by atoms with Gasteiger partial charge in [-0.2, -0.15) is 0 Å². The number of benzene rings is 1. The number of nitrogens with zero attached hydrogens (tertiary/aromatic N) is 3. The van der Waals surface area contributed by atoms with Crippen LogP contribution in [0, 0.1) is 5.92 Å². The summed E-state index contributed by atoms with van der Waals surface area (Å²) in [6.07, 6.45) is 3.55. The Morgan fingerprint density at radius 2 is 2.08 bits per heavy atom. The number of halogens is 1. The van der Waals surface area contributed by atoms with E-state index in [4.69, 9.17) is 11.6 Å². The predicted molar refractivity (Wildman–Crippen MR) is 104 cm³/mol. The number of H-pyrrole nitrogens is 1. The summed E-state index contributed by atoms with van der Waals surface area (Å²) in [4.78, 5) is 24.2. The third kappa shape index (κ3) is 3.20. The first-order valence-corrected chi connectivity index (χ1v) is 9.06. The summed E-state index contributed by atoms with van der Waals surface area (Å²) >= 11 is 6.07. The maximum absolute atomic E-state index is 12.6. The average molecular weight is 369 g/mol. The van der Waals surface area contributed by atoms with E-state index in [0.29, 0.717) is 16.5 Å². The Morgan fingerprint density at radius 1 is 1.35 bits per heavy atom. The topological polar surface area (TPSA) is 52.2 Å². The fourth-order valence-corrected chi connectivity index (χ4v) is 3.80. The van der Waals surface area contributed by atoms with Crippen LogP contribution in [-0.4, -0.2) is 59.4 Å². The molecule has 6 heteroatoms. The van der Waals surface area contributed by atoms with Crippen LogP contribution >= 0.6 is 11.6 Å². The van der Waals surface area contributed by atoms with E-state index >= 15 is 0 Å². The summed E-state index contributed by atoms with van der Waals surface area (Å²) in [5.41, 5.74) is 3.56. The van der Waals surface area contributed by atoms with Gasteiger partial charge in [0.25, 0.3) is 5.91 Å². The zero-order valence-electron chi connectivity index (χ0n) is 14.9. The van der Waals surface area contributed by atoms with Gasteiger partial charge in [0.1, 0.15) is 5.65 Å². The second-order valence-corrected chi connectivity index (χ2v) is 7.54. The average Bonchev–Trinajstić information content (AvgIpc) is 3.03. The normalized spacial score (nSPS) is 15.2. The summed E-state index contributed by atoms with van der Waals surface area (Å²) in [7, 11) is 3.98. The van der Waals surface area contributed by atoms with Crippen LogP contribution in [0.15, 0.2) is 42.7 Å². The largest absolute Gasteiger partial charge is 0.346 e. The molecule has 1 amide bonds. The number of likely N-dealkylation sites (tertiary alicyclic amines) is 1. The second kappa shape index (κ2) is 6.74. The zero-order valence-corrected chi connectivity index (χ0v) is 15.6. The Kier molecular flexibility index (Phi) is 4.42. The van der Waals surface area contributed by atoms with Crippen molar-refractivity contribution in [2.45, 2.75) is 0 Å². The molecule has 1 saturated heterocycles. The predicted octanol–water partition coefficient (Wildman–Crippen LogP) is 3.52. The summed E-state index contributed by atoms with van der Waals surface area (Å²) in [6.45, 7) is 2.93. The number of hydrogen-bond acceptors (Lipinski definition) is 3. The number of nitrogens with one attached hydrogen (secondary N) is 1. The summed E-state index contributed by atoms with van der Waals surface area (Å²) < 4.78 is 0. The fourth-order valence-electron chi connectivity index (χ4n) is 3.64. The van der Waals surface area contributed by atoms with Gasteiger partial charge < -0.3 is 14.8 Å². The lowest BCUT2D eigenvalue weighted by Gasteiger charge is -2.38. The van der Waals surface area contributed by atoms with E-state index in [2.05, 4.69) is 21.9 Å². The van der Waals surface area contributed by atoms with Crippen molar-refractivity contribution < 1.29 is 4.79 Å². The number of aromatic amines is 1. The van der Waals surface area contributed by atoms with Crippen LogP contribution in [0.25, 0.3) is 22.2 Å². The van der Waals surface area contributed by atoms with E-state index in [-0.39, 0.29) is 5.91 Å². The Bertz CT molecular complexity index is 944. The molecular weight excluding hydrogens is 348 g/mol. The molecule has 3 heterocycles. The van der Waals surface area contributed by atoms with Crippen molar-refractivity contribution in [1.82, 2.24) is 19.8 Å². The molecule has 2 aromatic heterocycles. The molecule has 1 fully saturated rings. The summed E-state index contributed by atoms with van der Waals surface area (Å²) in [5, 5.41) is 1.58. The summed E-state index contributed by atoms with van der Waals surface area (Å²) in [6, 6.07) is 9.62. The number of hydrogen-bond donors (Lipinski definition) is 1. The third-order valence-corrected chi connectivity index (χ3v) is 5.17. The molecule has 0 atom stereocenters. The van der Waals surface area contributed by atoms with E-state index in [1.165, 1.54) is 0 Å². The first-order chi connectivity index (χ1) is 12.5. The third-order valence-electron chi connectivity index (χ3n) is 4.96. The second-order valence-electron chi connectivity index (χ2n) is 7.10. The minimum atomic E-state index is 0.0646. The molecule has 0 radical (unpaired) electrons.